The fourth-order valence-electron chi connectivity index (χ4n) is 2.55. The molecule has 0 saturated carbocycles. The van der Waals surface area contributed by atoms with Gasteiger partial charge in [0, 0.05) is 15.6 Å². The molecule has 0 bridgehead atoms. The van der Waals surface area contributed by atoms with Gasteiger partial charge in [-0.15, -0.1) is 0 Å². The van der Waals surface area contributed by atoms with Gasteiger partial charge >= 0.3 is 6.18 Å². The van der Waals surface area contributed by atoms with Crippen molar-refractivity contribution in [3.63, 3.8) is 0 Å². The molecule has 2 aromatic carbocycles. The van der Waals surface area contributed by atoms with E-state index in [4.69, 9.17) is 0 Å². The maximum atomic E-state index is 13.2. The number of benzene rings is 2. The first-order chi connectivity index (χ1) is 13.8. The molecule has 1 aromatic heterocycles. The van der Waals surface area contributed by atoms with Crippen LogP contribution in [-0.2, 0) is 6.18 Å². The number of aromatic amines is 1. The number of nitrogens with zero attached hydrogens (tertiary/aromatic N) is 3. The highest BCUT2D eigenvalue weighted by atomic mass is 79.9. The highest BCUT2D eigenvalue weighted by Gasteiger charge is 2.35. The van der Waals surface area contributed by atoms with Gasteiger partial charge in [0.25, 0.3) is 5.56 Å². The van der Waals surface area contributed by atoms with Gasteiger partial charge < -0.3 is 0 Å². The van der Waals surface area contributed by atoms with Gasteiger partial charge in [0.05, 0.1) is 17.5 Å². The zero-order chi connectivity index (χ0) is 21.0. The Hall–Kier alpha value is -3.45. The van der Waals surface area contributed by atoms with E-state index in [1.807, 2.05) is 0 Å². The van der Waals surface area contributed by atoms with E-state index in [0.29, 0.717) is 5.56 Å². The Balaban J connectivity index is 1.95. The fourth-order valence-corrected chi connectivity index (χ4v) is 3.15. The van der Waals surface area contributed by atoms with Crippen molar-refractivity contribution < 1.29 is 13.2 Å². The van der Waals surface area contributed by atoms with Crippen LogP contribution in [0.3, 0.4) is 0 Å². The molecule has 10 heteroatoms. The van der Waals surface area contributed by atoms with Crippen LogP contribution in [0.25, 0.3) is 11.3 Å². The number of nitrogens with one attached hydrogen (secondary N) is 2. The van der Waals surface area contributed by atoms with Gasteiger partial charge in [-0.25, -0.2) is 10.4 Å². The van der Waals surface area contributed by atoms with Crippen molar-refractivity contribution in [1.29, 1.82) is 5.26 Å². The molecule has 0 atom stereocenters. The van der Waals surface area contributed by atoms with E-state index >= 15 is 0 Å². The van der Waals surface area contributed by atoms with Crippen molar-refractivity contribution in [3.8, 4) is 17.3 Å². The first-order valence-electron chi connectivity index (χ1n) is 8.06. The van der Waals surface area contributed by atoms with Crippen LogP contribution in [0.1, 0.15) is 16.7 Å². The van der Waals surface area contributed by atoms with Crippen molar-refractivity contribution in [3.05, 3.63) is 80.0 Å². The van der Waals surface area contributed by atoms with E-state index in [0.717, 1.165) is 6.21 Å². The van der Waals surface area contributed by atoms with Gasteiger partial charge in [0.15, 0.2) is 0 Å². The highest BCUT2D eigenvalue weighted by molar-refractivity contribution is 9.10. The van der Waals surface area contributed by atoms with Crippen LogP contribution in [0.4, 0.5) is 19.1 Å². The molecule has 2 N–H and O–H groups in total. The number of rotatable bonds is 4. The minimum atomic E-state index is -4.58. The zero-order valence-corrected chi connectivity index (χ0v) is 16.0. The number of anilines is 1. The zero-order valence-electron chi connectivity index (χ0n) is 14.5. The van der Waals surface area contributed by atoms with Gasteiger partial charge in [-0.1, -0.05) is 58.4 Å². The molecule has 0 aliphatic heterocycles. The second-order valence-electron chi connectivity index (χ2n) is 5.69. The summed E-state index contributed by atoms with van der Waals surface area (Å²) in [5.41, 5.74) is 1.13. The van der Waals surface area contributed by atoms with Crippen LogP contribution < -0.4 is 11.0 Å². The number of aromatic nitrogens is 2. The minimum Gasteiger partial charge on any atom is -0.290 e. The molecule has 0 aliphatic rings. The number of hydrazone groups is 1. The molecule has 3 aromatic rings. The van der Waals surface area contributed by atoms with Gasteiger partial charge in [0.1, 0.15) is 11.6 Å². The Bertz CT molecular complexity index is 1170. The van der Waals surface area contributed by atoms with Gasteiger partial charge in [-0.05, 0) is 6.07 Å². The van der Waals surface area contributed by atoms with Crippen molar-refractivity contribution in [2.45, 2.75) is 6.18 Å². The number of hydrogen-bond acceptors (Lipinski definition) is 5. The molecule has 0 radical (unpaired) electrons. The number of H-pyrrole nitrogens is 1. The summed E-state index contributed by atoms with van der Waals surface area (Å²) in [4.78, 5) is 18.7. The van der Waals surface area contributed by atoms with Crippen LogP contribution in [0.5, 0.6) is 0 Å². The molecule has 0 saturated heterocycles. The average molecular weight is 462 g/mol. The summed E-state index contributed by atoms with van der Waals surface area (Å²) < 4.78 is 39.6. The minimum absolute atomic E-state index is 0.118. The van der Waals surface area contributed by atoms with Crippen molar-refractivity contribution in [2.24, 2.45) is 5.10 Å². The maximum absolute atomic E-state index is 13.2. The van der Waals surface area contributed by atoms with Crippen molar-refractivity contribution >= 4 is 28.1 Å². The van der Waals surface area contributed by atoms with E-state index in [1.54, 1.807) is 36.4 Å². The lowest BCUT2D eigenvalue weighted by Gasteiger charge is -2.12. The molecule has 29 heavy (non-hydrogen) atoms. The van der Waals surface area contributed by atoms with E-state index in [9.17, 15) is 23.2 Å². The molecule has 6 nitrogen and oxygen atoms in total. The predicted octanol–water partition coefficient (Wildman–Crippen LogP) is 4.54. The maximum Gasteiger partial charge on any atom is 0.418 e. The summed E-state index contributed by atoms with van der Waals surface area (Å²) in [6.07, 6.45) is -3.61. The Kier molecular flexibility index (Phi) is 5.79. The molecule has 0 amide bonds. The number of alkyl halides is 3. The summed E-state index contributed by atoms with van der Waals surface area (Å²) >= 11 is 2.89. The summed E-state index contributed by atoms with van der Waals surface area (Å²) in [6.45, 7) is 0. The third kappa shape index (κ3) is 4.52. The number of hydrogen-bond donors (Lipinski definition) is 2. The Morgan fingerprint density at radius 3 is 2.55 bits per heavy atom. The Labute approximate surface area is 170 Å². The fraction of sp³-hybridized carbons (Fsp3) is 0.0526. The third-order valence-corrected chi connectivity index (χ3v) is 4.44. The predicted molar refractivity (Wildman–Crippen MR) is 105 cm³/mol. The van der Waals surface area contributed by atoms with Crippen LogP contribution in [0, 0.1) is 11.3 Å². The molecule has 146 valence electrons. The normalized spacial score (nSPS) is 11.4. The molecule has 0 spiro atoms. The lowest BCUT2D eigenvalue weighted by atomic mass is 10.1. The average Bonchev–Trinajstić information content (AvgIpc) is 2.67. The van der Waals surface area contributed by atoms with Gasteiger partial charge in [-0.3, -0.25) is 9.78 Å². The summed E-state index contributed by atoms with van der Waals surface area (Å²) in [5.74, 6) is -0.118. The van der Waals surface area contributed by atoms with E-state index in [-0.39, 0.29) is 27.2 Å². The first kappa shape index (κ1) is 20.3. The van der Waals surface area contributed by atoms with E-state index in [2.05, 4.69) is 36.4 Å². The lowest BCUT2D eigenvalue weighted by Crippen LogP contribution is -2.16. The van der Waals surface area contributed by atoms with Gasteiger partial charge in [-0.2, -0.15) is 23.5 Å². The molecule has 0 unspecified atom stereocenters. The topological polar surface area (TPSA) is 93.9 Å². The largest absolute Gasteiger partial charge is 0.418 e. The Morgan fingerprint density at radius 2 is 1.90 bits per heavy atom. The monoisotopic (exact) mass is 461 g/mol. The quantitative estimate of drug-likeness (QED) is 0.440. The van der Waals surface area contributed by atoms with Crippen LogP contribution in [0.2, 0.25) is 0 Å². The second kappa shape index (κ2) is 8.28. The standard InChI is InChI=1S/C19H11BrF3N5O/c20-14-8-4-7-12(15(14)19(21,22)23)10-25-28-18-26-16(11-5-2-1-3-6-11)13(9-24)17(29)27-18/h1-8,10H,(H2,26,27,28,29). The molecule has 0 fully saturated rings. The van der Waals surface area contributed by atoms with E-state index < -0.39 is 17.3 Å². The summed E-state index contributed by atoms with van der Waals surface area (Å²) in [5, 5.41) is 13.0. The van der Waals surface area contributed by atoms with Crippen LogP contribution in [-0.4, -0.2) is 16.2 Å². The summed E-state index contributed by atoms with van der Waals surface area (Å²) in [7, 11) is 0. The second-order valence-corrected chi connectivity index (χ2v) is 6.54. The third-order valence-electron chi connectivity index (χ3n) is 3.78. The first-order valence-corrected chi connectivity index (χ1v) is 8.85. The number of nitriles is 1. The van der Waals surface area contributed by atoms with Crippen molar-refractivity contribution in [2.75, 3.05) is 5.43 Å². The van der Waals surface area contributed by atoms with Gasteiger partial charge in [0.2, 0.25) is 5.95 Å². The van der Waals surface area contributed by atoms with Crippen LogP contribution >= 0.6 is 15.9 Å². The molecular weight excluding hydrogens is 451 g/mol. The van der Waals surface area contributed by atoms with Crippen molar-refractivity contribution in [1.82, 2.24) is 9.97 Å². The molecule has 3 rings (SSSR count). The number of halogens is 4. The highest BCUT2D eigenvalue weighted by Crippen LogP contribution is 2.36. The molecule has 1 heterocycles. The van der Waals surface area contributed by atoms with E-state index in [1.165, 1.54) is 18.2 Å². The SMILES string of the molecule is N#Cc1c(-c2ccccc2)nc(NN=Cc2cccc(Br)c2C(F)(F)F)[nH]c1=O. The smallest absolute Gasteiger partial charge is 0.290 e. The Morgan fingerprint density at radius 1 is 1.17 bits per heavy atom. The molecule has 0 aliphatic carbocycles. The van der Waals surface area contributed by atoms with Crippen LogP contribution in [0.15, 0.2) is 62.9 Å². The summed E-state index contributed by atoms with van der Waals surface area (Å²) in [6, 6.07) is 14.3. The lowest BCUT2D eigenvalue weighted by molar-refractivity contribution is -0.138. The molecular formula is C19H11BrF3N5O.